The number of nitrogens with two attached hydrogens (primary N) is 1. The van der Waals surface area contributed by atoms with Gasteiger partial charge in [-0.15, -0.1) is 0 Å². The van der Waals surface area contributed by atoms with Gasteiger partial charge in [0.15, 0.2) is 0 Å². The van der Waals surface area contributed by atoms with Crippen molar-refractivity contribution >= 4 is 15.9 Å². The molecule has 0 atom stereocenters. The van der Waals surface area contributed by atoms with Crippen LogP contribution in [0.3, 0.4) is 0 Å². The molecule has 0 fully saturated rings. The Kier molecular flexibility index (Phi) is 6.03. The smallest absolute Gasteiger partial charge is 0.0213 e. The molecule has 0 aliphatic carbocycles. The van der Waals surface area contributed by atoms with Crippen LogP contribution in [0.15, 0.2) is 28.7 Å². The Morgan fingerprint density at radius 3 is 2.32 bits per heavy atom. The van der Waals surface area contributed by atoms with Gasteiger partial charge in [0, 0.05) is 23.0 Å². The molecule has 1 aromatic rings. The van der Waals surface area contributed by atoms with Gasteiger partial charge in [-0.3, -0.25) is 0 Å². The van der Waals surface area contributed by atoms with Gasteiger partial charge in [-0.05, 0) is 30.0 Å². The summed E-state index contributed by atoms with van der Waals surface area (Å²) in [6.07, 6.45) is 1.05. The highest BCUT2D eigenvalue weighted by molar-refractivity contribution is 9.10. The molecule has 0 aliphatic heterocycles. The maximum Gasteiger partial charge on any atom is 0.0213 e. The van der Waals surface area contributed by atoms with E-state index in [1.807, 2.05) is 0 Å². The van der Waals surface area contributed by atoms with E-state index in [0.29, 0.717) is 0 Å². The molecular formula is C16H27BrN2. The Morgan fingerprint density at radius 2 is 1.74 bits per heavy atom. The van der Waals surface area contributed by atoms with Crippen LogP contribution in [0.25, 0.3) is 0 Å². The van der Waals surface area contributed by atoms with Gasteiger partial charge >= 0.3 is 0 Å². The number of halogens is 1. The summed E-state index contributed by atoms with van der Waals surface area (Å²) in [5.41, 5.74) is 7.37. The van der Waals surface area contributed by atoms with E-state index in [0.717, 1.165) is 26.1 Å². The molecule has 3 N–H and O–H groups in total. The van der Waals surface area contributed by atoms with Crippen molar-refractivity contribution in [2.24, 2.45) is 11.1 Å². The molecule has 0 saturated heterocycles. The van der Waals surface area contributed by atoms with Crippen LogP contribution in [0.2, 0.25) is 0 Å². The lowest BCUT2D eigenvalue weighted by molar-refractivity contribution is 0.305. The number of hydrogen-bond donors (Lipinski definition) is 2. The molecule has 0 saturated carbocycles. The first kappa shape index (κ1) is 16.7. The predicted octanol–water partition coefficient (Wildman–Crippen LogP) is 3.69. The van der Waals surface area contributed by atoms with Gasteiger partial charge in [-0.1, -0.05) is 61.8 Å². The molecule has 0 bridgehead atoms. The Hall–Kier alpha value is -0.380. The van der Waals surface area contributed by atoms with Crippen LogP contribution >= 0.6 is 15.9 Å². The molecule has 0 aromatic heterocycles. The fourth-order valence-electron chi connectivity index (χ4n) is 2.30. The van der Waals surface area contributed by atoms with Gasteiger partial charge < -0.3 is 11.1 Å². The van der Waals surface area contributed by atoms with Crippen molar-refractivity contribution in [2.45, 2.75) is 39.5 Å². The van der Waals surface area contributed by atoms with E-state index >= 15 is 0 Å². The molecule has 0 unspecified atom stereocenters. The fraction of sp³-hybridized carbons (Fsp3) is 0.625. The molecule has 2 nitrogen and oxygen atoms in total. The van der Waals surface area contributed by atoms with Crippen LogP contribution < -0.4 is 11.1 Å². The second-order valence-electron chi connectivity index (χ2n) is 6.67. The topological polar surface area (TPSA) is 38.0 Å². The zero-order valence-corrected chi connectivity index (χ0v) is 14.2. The zero-order valence-electron chi connectivity index (χ0n) is 12.6. The lowest BCUT2D eigenvalue weighted by Gasteiger charge is -2.30. The first-order chi connectivity index (χ1) is 8.78. The van der Waals surface area contributed by atoms with Gasteiger partial charge in [0.05, 0.1) is 0 Å². The summed E-state index contributed by atoms with van der Waals surface area (Å²) in [4.78, 5) is 0. The van der Waals surface area contributed by atoms with Crippen LogP contribution in [0.1, 0.15) is 39.7 Å². The van der Waals surface area contributed by atoms with Gasteiger partial charge in [0.1, 0.15) is 0 Å². The van der Waals surface area contributed by atoms with E-state index in [9.17, 15) is 0 Å². The first-order valence-electron chi connectivity index (χ1n) is 6.94. The van der Waals surface area contributed by atoms with E-state index < -0.39 is 0 Å². The van der Waals surface area contributed by atoms with Crippen molar-refractivity contribution in [2.75, 3.05) is 19.6 Å². The minimum absolute atomic E-state index is 0.110. The molecule has 1 rings (SSSR count). The third-order valence-electron chi connectivity index (χ3n) is 3.59. The molecular weight excluding hydrogens is 300 g/mol. The quantitative estimate of drug-likeness (QED) is 0.801. The summed E-state index contributed by atoms with van der Waals surface area (Å²) in [5, 5.41) is 3.60. The average molecular weight is 327 g/mol. The van der Waals surface area contributed by atoms with E-state index in [1.165, 1.54) is 10.0 Å². The summed E-state index contributed by atoms with van der Waals surface area (Å²) in [6, 6.07) is 8.45. The van der Waals surface area contributed by atoms with Crippen molar-refractivity contribution in [1.82, 2.24) is 5.32 Å². The van der Waals surface area contributed by atoms with Crippen molar-refractivity contribution in [3.63, 3.8) is 0 Å². The number of rotatable bonds is 7. The minimum Gasteiger partial charge on any atom is -0.330 e. The van der Waals surface area contributed by atoms with E-state index in [-0.39, 0.29) is 10.8 Å². The van der Waals surface area contributed by atoms with Crippen molar-refractivity contribution in [1.29, 1.82) is 0 Å². The van der Waals surface area contributed by atoms with Crippen LogP contribution in [-0.2, 0) is 5.41 Å². The molecule has 0 spiro atoms. The normalized spacial score (nSPS) is 12.7. The van der Waals surface area contributed by atoms with Crippen LogP contribution in [0, 0.1) is 5.41 Å². The maximum atomic E-state index is 5.65. The van der Waals surface area contributed by atoms with Crippen LogP contribution in [0.4, 0.5) is 0 Å². The summed E-state index contributed by atoms with van der Waals surface area (Å²) >= 11 is 3.64. The SMILES string of the molecule is CC(C)(CCN)CNCC(C)(C)c1ccccc1Br. The Balaban J connectivity index is 2.59. The number of nitrogens with one attached hydrogen (secondary N) is 1. The standard InChI is InChI=1S/C16H27BrN2/c1-15(2,9-10-18)11-19-12-16(3,4)13-7-5-6-8-14(13)17/h5-8,19H,9-12,18H2,1-4H3. The Bertz CT molecular complexity index is 399. The Morgan fingerprint density at radius 1 is 1.11 bits per heavy atom. The van der Waals surface area contributed by atoms with Crippen LogP contribution in [-0.4, -0.2) is 19.6 Å². The fourth-order valence-corrected chi connectivity index (χ4v) is 3.12. The van der Waals surface area contributed by atoms with Crippen molar-refractivity contribution < 1.29 is 0 Å². The lowest BCUT2D eigenvalue weighted by atomic mass is 9.83. The molecule has 0 heterocycles. The largest absolute Gasteiger partial charge is 0.330 e. The highest BCUT2D eigenvalue weighted by Crippen LogP contribution is 2.29. The molecule has 19 heavy (non-hydrogen) atoms. The number of hydrogen-bond acceptors (Lipinski definition) is 2. The van der Waals surface area contributed by atoms with Crippen molar-refractivity contribution in [3.8, 4) is 0 Å². The highest BCUT2D eigenvalue weighted by atomic mass is 79.9. The molecule has 1 aromatic carbocycles. The van der Waals surface area contributed by atoms with Gasteiger partial charge in [0.25, 0.3) is 0 Å². The third-order valence-corrected chi connectivity index (χ3v) is 4.29. The summed E-state index contributed by atoms with van der Waals surface area (Å²) in [6.45, 7) is 11.8. The summed E-state index contributed by atoms with van der Waals surface area (Å²) in [5.74, 6) is 0. The third kappa shape index (κ3) is 5.25. The molecule has 0 aliphatic rings. The first-order valence-corrected chi connectivity index (χ1v) is 7.74. The lowest BCUT2D eigenvalue weighted by Crippen LogP contribution is -2.39. The van der Waals surface area contributed by atoms with E-state index in [2.05, 4.69) is 73.2 Å². The molecule has 0 amide bonds. The Labute approximate surface area is 126 Å². The molecule has 108 valence electrons. The van der Waals surface area contributed by atoms with E-state index in [4.69, 9.17) is 5.73 Å². The van der Waals surface area contributed by atoms with Gasteiger partial charge in [0.2, 0.25) is 0 Å². The van der Waals surface area contributed by atoms with Crippen molar-refractivity contribution in [3.05, 3.63) is 34.3 Å². The highest BCUT2D eigenvalue weighted by Gasteiger charge is 2.24. The second-order valence-corrected chi connectivity index (χ2v) is 7.52. The summed E-state index contributed by atoms with van der Waals surface area (Å²) in [7, 11) is 0. The minimum atomic E-state index is 0.110. The predicted molar refractivity (Wildman–Crippen MR) is 87.5 cm³/mol. The average Bonchev–Trinajstić information content (AvgIpc) is 2.28. The van der Waals surface area contributed by atoms with Crippen LogP contribution in [0.5, 0.6) is 0 Å². The van der Waals surface area contributed by atoms with E-state index in [1.54, 1.807) is 0 Å². The monoisotopic (exact) mass is 326 g/mol. The van der Waals surface area contributed by atoms with Gasteiger partial charge in [-0.2, -0.15) is 0 Å². The second kappa shape index (κ2) is 6.87. The number of benzene rings is 1. The van der Waals surface area contributed by atoms with Gasteiger partial charge in [-0.25, -0.2) is 0 Å². The zero-order chi connectivity index (χ0) is 14.5. The summed E-state index contributed by atoms with van der Waals surface area (Å²) < 4.78 is 1.18. The molecule has 0 radical (unpaired) electrons. The molecule has 3 heteroatoms. The maximum absolute atomic E-state index is 5.65.